The van der Waals surface area contributed by atoms with E-state index < -0.39 is 23.5 Å². The molecule has 1 heterocycles. The first-order valence-corrected chi connectivity index (χ1v) is 11.2. The lowest BCUT2D eigenvalue weighted by atomic mass is 9.95. The van der Waals surface area contributed by atoms with Crippen LogP contribution in [0.15, 0.2) is 53.0 Å². The minimum atomic E-state index is -0.855. The van der Waals surface area contributed by atoms with Crippen molar-refractivity contribution >= 4 is 50.2 Å². The van der Waals surface area contributed by atoms with Crippen LogP contribution in [0, 0.1) is 5.82 Å². The highest BCUT2D eigenvalue weighted by molar-refractivity contribution is 9.10. The average Bonchev–Trinajstić information content (AvgIpc) is 3.13. The Morgan fingerprint density at radius 3 is 2.38 bits per heavy atom. The molecule has 3 amide bonds. The van der Waals surface area contributed by atoms with Crippen LogP contribution < -0.4 is 16.1 Å². The van der Waals surface area contributed by atoms with Gasteiger partial charge in [-0.25, -0.2) is 9.07 Å². The van der Waals surface area contributed by atoms with Crippen molar-refractivity contribution < 1.29 is 18.8 Å². The summed E-state index contributed by atoms with van der Waals surface area (Å²) in [7, 11) is 0. The molecule has 0 atom stereocenters. The van der Waals surface area contributed by atoms with E-state index in [2.05, 4.69) is 32.0 Å². The third-order valence-electron chi connectivity index (χ3n) is 5.46. The van der Waals surface area contributed by atoms with Crippen molar-refractivity contribution in [2.24, 2.45) is 0 Å². The van der Waals surface area contributed by atoms with Crippen molar-refractivity contribution in [3.8, 4) is 0 Å². The molecule has 2 aromatic carbocycles. The van der Waals surface area contributed by atoms with Crippen LogP contribution in [0.5, 0.6) is 0 Å². The van der Waals surface area contributed by atoms with E-state index in [0.717, 1.165) is 36.6 Å². The summed E-state index contributed by atoms with van der Waals surface area (Å²) in [5.41, 5.74) is 3.62. The Morgan fingerprint density at radius 2 is 1.66 bits per heavy atom. The average molecular weight is 501 g/mol. The molecule has 1 fully saturated rings. The molecule has 1 aliphatic rings. The number of hydrogen-bond donors (Lipinski definition) is 3. The molecule has 7 nitrogen and oxygen atoms in total. The molecule has 1 saturated carbocycles. The zero-order chi connectivity index (χ0) is 22.7. The van der Waals surface area contributed by atoms with Crippen LogP contribution in [0.25, 0.3) is 10.9 Å². The van der Waals surface area contributed by atoms with Crippen LogP contribution in [-0.2, 0) is 9.59 Å². The Bertz CT molecular complexity index is 1170. The summed E-state index contributed by atoms with van der Waals surface area (Å²) in [4.78, 5) is 38.0. The summed E-state index contributed by atoms with van der Waals surface area (Å²) in [6.07, 6.45) is 4.89. The summed E-state index contributed by atoms with van der Waals surface area (Å²) >= 11 is 3.40. The maximum atomic E-state index is 13.2. The Morgan fingerprint density at radius 1 is 0.938 bits per heavy atom. The van der Waals surface area contributed by atoms with Gasteiger partial charge in [-0.3, -0.25) is 19.8 Å². The molecule has 166 valence electrons. The quantitative estimate of drug-likeness (QED) is 0.466. The van der Waals surface area contributed by atoms with Gasteiger partial charge >= 0.3 is 11.8 Å². The van der Waals surface area contributed by atoms with E-state index in [1.165, 1.54) is 28.9 Å². The Balaban J connectivity index is 1.58. The van der Waals surface area contributed by atoms with Crippen LogP contribution in [0.2, 0.25) is 0 Å². The Labute approximate surface area is 192 Å². The monoisotopic (exact) mass is 500 g/mol. The smallest absolute Gasteiger partial charge is 0.328 e. The molecule has 9 heteroatoms. The highest BCUT2D eigenvalue weighted by atomic mass is 79.9. The maximum absolute atomic E-state index is 13.2. The standard InChI is InChI=1S/C23H22BrFN4O3/c24-15-6-11-19-14(12-15)13-20(21(30)26-18-9-7-16(25)8-10-18)29(19)28-23(32)22(31)27-17-4-2-1-3-5-17/h6-13,17H,1-5H2,(H,26,30)(H,27,31)(H,28,32). The number of aromatic nitrogens is 1. The predicted octanol–water partition coefficient (Wildman–Crippen LogP) is 4.31. The van der Waals surface area contributed by atoms with Crippen molar-refractivity contribution in [1.29, 1.82) is 0 Å². The van der Waals surface area contributed by atoms with Crippen molar-refractivity contribution in [3.63, 3.8) is 0 Å². The summed E-state index contributed by atoms with van der Waals surface area (Å²) in [5.74, 6) is -2.53. The normalized spacial score (nSPS) is 14.2. The molecule has 1 aromatic heterocycles. The second kappa shape index (κ2) is 9.52. The third kappa shape index (κ3) is 4.99. The zero-order valence-corrected chi connectivity index (χ0v) is 18.7. The van der Waals surface area contributed by atoms with Gasteiger partial charge in [0.1, 0.15) is 11.5 Å². The first kappa shape index (κ1) is 22.0. The van der Waals surface area contributed by atoms with E-state index in [1.807, 2.05) is 0 Å². The number of nitrogens with zero attached hydrogens (tertiary/aromatic N) is 1. The fourth-order valence-electron chi connectivity index (χ4n) is 3.85. The molecule has 0 unspecified atom stereocenters. The Kier molecular flexibility index (Phi) is 6.55. The van der Waals surface area contributed by atoms with Crippen molar-refractivity contribution in [2.45, 2.75) is 38.1 Å². The van der Waals surface area contributed by atoms with Gasteiger partial charge in [0, 0.05) is 21.6 Å². The second-order valence-electron chi connectivity index (χ2n) is 7.78. The number of rotatable bonds is 4. The van der Waals surface area contributed by atoms with Gasteiger partial charge in [0.25, 0.3) is 5.91 Å². The van der Waals surface area contributed by atoms with Crippen molar-refractivity contribution in [2.75, 3.05) is 10.7 Å². The molecule has 3 N–H and O–H groups in total. The van der Waals surface area contributed by atoms with Gasteiger partial charge in [-0.1, -0.05) is 35.2 Å². The predicted molar refractivity (Wildman–Crippen MR) is 123 cm³/mol. The minimum absolute atomic E-state index is 0.0133. The molecule has 4 rings (SSSR count). The molecule has 32 heavy (non-hydrogen) atoms. The lowest BCUT2D eigenvalue weighted by molar-refractivity contribution is -0.137. The van der Waals surface area contributed by atoms with Crippen LogP contribution >= 0.6 is 15.9 Å². The van der Waals surface area contributed by atoms with Crippen molar-refractivity contribution in [1.82, 2.24) is 9.99 Å². The number of benzene rings is 2. The van der Waals surface area contributed by atoms with E-state index in [0.29, 0.717) is 16.6 Å². The minimum Gasteiger partial charge on any atom is -0.345 e. The third-order valence-corrected chi connectivity index (χ3v) is 5.95. The van der Waals surface area contributed by atoms with Gasteiger partial charge in [-0.05, 0) is 61.4 Å². The number of amides is 3. The van der Waals surface area contributed by atoms with E-state index in [4.69, 9.17) is 0 Å². The van der Waals surface area contributed by atoms with Crippen LogP contribution in [0.3, 0.4) is 0 Å². The number of anilines is 1. The molecule has 3 aromatic rings. The van der Waals surface area contributed by atoms with Gasteiger partial charge < -0.3 is 10.6 Å². The number of halogens is 2. The number of carbonyl (C=O) groups is 3. The molecule has 0 saturated heterocycles. The second-order valence-corrected chi connectivity index (χ2v) is 8.69. The molecule has 0 aliphatic heterocycles. The summed E-state index contributed by atoms with van der Waals surface area (Å²) in [6.45, 7) is 0. The molecule has 0 spiro atoms. The van der Waals surface area contributed by atoms with E-state index in [9.17, 15) is 18.8 Å². The number of fused-ring (bicyclic) bond motifs is 1. The van der Waals surface area contributed by atoms with Gasteiger partial charge in [-0.15, -0.1) is 0 Å². The maximum Gasteiger partial charge on any atom is 0.328 e. The van der Waals surface area contributed by atoms with Gasteiger partial charge in [-0.2, -0.15) is 0 Å². The van der Waals surface area contributed by atoms with Crippen LogP contribution in [0.4, 0.5) is 10.1 Å². The molecule has 0 radical (unpaired) electrons. The SMILES string of the molecule is O=C(NC1CCCCC1)C(=O)Nn1c(C(=O)Nc2ccc(F)cc2)cc2cc(Br)ccc21. The summed E-state index contributed by atoms with van der Waals surface area (Å²) < 4.78 is 15.3. The zero-order valence-electron chi connectivity index (χ0n) is 17.2. The highest BCUT2D eigenvalue weighted by Crippen LogP contribution is 2.24. The molecular formula is C23H22BrFN4O3. The number of hydrogen-bond acceptors (Lipinski definition) is 3. The largest absolute Gasteiger partial charge is 0.345 e. The topological polar surface area (TPSA) is 92.2 Å². The van der Waals surface area contributed by atoms with Crippen LogP contribution in [0.1, 0.15) is 42.6 Å². The van der Waals surface area contributed by atoms with Gasteiger partial charge in [0.15, 0.2) is 0 Å². The molecule has 0 bridgehead atoms. The van der Waals surface area contributed by atoms with E-state index >= 15 is 0 Å². The lowest BCUT2D eigenvalue weighted by Gasteiger charge is -2.22. The van der Waals surface area contributed by atoms with Crippen molar-refractivity contribution in [3.05, 3.63) is 64.5 Å². The summed E-state index contributed by atoms with van der Waals surface area (Å²) in [5, 5.41) is 6.15. The fraction of sp³-hybridized carbons (Fsp3) is 0.261. The summed E-state index contributed by atoms with van der Waals surface area (Å²) in [6, 6.07) is 12.2. The van der Waals surface area contributed by atoms with Crippen LogP contribution in [-0.4, -0.2) is 28.4 Å². The Hall–Kier alpha value is -3.20. The van der Waals surface area contributed by atoms with E-state index in [1.54, 1.807) is 24.3 Å². The lowest BCUT2D eigenvalue weighted by Crippen LogP contribution is -2.44. The van der Waals surface area contributed by atoms with E-state index in [-0.39, 0.29) is 11.7 Å². The molecule has 1 aliphatic carbocycles. The first-order valence-electron chi connectivity index (χ1n) is 10.4. The first-order chi connectivity index (χ1) is 15.4. The highest BCUT2D eigenvalue weighted by Gasteiger charge is 2.23. The fourth-order valence-corrected chi connectivity index (χ4v) is 4.23. The number of carbonyl (C=O) groups excluding carboxylic acids is 3. The number of nitrogens with one attached hydrogen (secondary N) is 3. The van der Waals surface area contributed by atoms with Gasteiger partial charge in [0.2, 0.25) is 0 Å². The molecular weight excluding hydrogens is 479 g/mol. The van der Waals surface area contributed by atoms with Gasteiger partial charge in [0.05, 0.1) is 5.52 Å².